The lowest BCUT2D eigenvalue weighted by molar-refractivity contribution is -0.128. The summed E-state index contributed by atoms with van der Waals surface area (Å²) in [6.07, 6.45) is 0.500. The Kier molecular flexibility index (Phi) is 8.00. The molecule has 0 spiro atoms. The average Bonchev–Trinajstić information content (AvgIpc) is 2.48. The first-order valence-corrected chi connectivity index (χ1v) is 7.92. The van der Waals surface area contributed by atoms with E-state index in [0.717, 1.165) is 4.90 Å². The van der Waals surface area contributed by atoms with Crippen molar-refractivity contribution in [2.24, 2.45) is 0 Å². The third kappa shape index (κ3) is 6.27. The van der Waals surface area contributed by atoms with Crippen LogP contribution in [0.5, 0.6) is 0 Å². The van der Waals surface area contributed by atoms with Gasteiger partial charge >= 0.3 is 0 Å². The highest BCUT2D eigenvalue weighted by atomic mass is 35.5. The van der Waals surface area contributed by atoms with Crippen LogP contribution < -0.4 is 0 Å². The molecule has 0 aliphatic carbocycles. The fourth-order valence-electron chi connectivity index (χ4n) is 1.55. The van der Waals surface area contributed by atoms with Gasteiger partial charge in [-0.25, -0.2) is 0 Å². The predicted molar refractivity (Wildman–Crippen MR) is 84.2 cm³/mol. The number of hydrogen-bond donors (Lipinski definition) is 0. The quantitative estimate of drug-likeness (QED) is 0.708. The number of carbonyl (C=O) groups excluding carboxylic acids is 1. The molecule has 110 valence electrons. The van der Waals surface area contributed by atoms with Crippen LogP contribution in [-0.4, -0.2) is 29.6 Å². The Morgan fingerprint density at radius 2 is 1.81 bits per heavy atom. The topological polar surface area (TPSA) is 67.9 Å². The molecule has 0 saturated heterocycles. The molecule has 1 rings (SSSR count). The number of halogens is 2. The molecule has 7 heteroatoms. The molecule has 1 aromatic carbocycles. The van der Waals surface area contributed by atoms with Gasteiger partial charge in [0.05, 0.1) is 35.8 Å². The summed E-state index contributed by atoms with van der Waals surface area (Å²) in [5.41, 5.74) is 0. The van der Waals surface area contributed by atoms with Crippen molar-refractivity contribution in [3.8, 4) is 12.1 Å². The van der Waals surface area contributed by atoms with E-state index >= 15 is 0 Å². The maximum atomic E-state index is 12.1. The van der Waals surface area contributed by atoms with E-state index in [4.69, 9.17) is 33.7 Å². The van der Waals surface area contributed by atoms with Gasteiger partial charge in [-0.05, 0) is 18.2 Å². The van der Waals surface area contributed by atoms with Crippen LogP contribution in [0.15, 0.2) is 23.1 Å². The Morgan fingerprint density at radius 3 is 2.38 bits per heavy atom. The Morgan fingerprint density at radius 1 is 1.19 bits per heavy atom. The maximum absolute atomic E-state index is 12.1. The second-order valence-corrected chi connectivity index (χ2v) is 5.92. The van der Waals surface area contributed by atoms with E-state index in [0.29, 0.717) is 23.1 Å². The van der Waals surface area contributed by atoms with Crippen molar-refractivity contribution in [2.45, 2.75) is 17.7 Å². The van der Waals surface area contributed by atoms with Crippen molar-refractivity contribution in [3.05, 3.63) is 28.2 Å². The second kappa shape index (κ2) is 9.52. The SMILES string of the molecule is N#CCCN(CCC#N)C(=O)CSc1cc(Cl)ccc1Cl. The fraction of sp³-hybridized carbons (Fsp3) is 0.357. The number of nitriles is 2. The van der Waals surface area contributed by atoms with Crippen molar-refractivity contribution >= 4 is 40.9 Å². The summed E-state index contributed by atoms with van der Waals surface area (Å²) in [4.78, 5) is 14.4. The standard InChI is InChI=1S/C14H13Cl2N3OS/c15-11-3-4-12(16)13(9-11)21-10-14(20)19(7-1-5-17)8-2-6-18/h3-4,9H,1-2,7-8,10H2. The van der Waals surface area contributed by atoms with E-state index in [1.807, 2.05) is 12.1 Å². The van der Waals surface area contributed by atoms with Gasteiger partial charge in [0.1, 0.15) is 0 Å². The van der Waals surface area contributed by atoms with Gasteiger partial charge in [0.2, 0.25) is 5.91 Å². The Labute approximate surface area is 138 Å². The third-order valence-electron chi connectivity index (χ3n) is 2.58. The lowest BCUT2D eigenvalue weighted by atomic mass is 10.3. The summed E-state index contributed by atoms with van der Waals surface area (Å²) in [7, 11) is 0. The van der Waals surface area contributed by atoms with Crippen molar-refractivity contribution in [2.75, 3.05) is 18.8 Å². The van der Waals surface area contributed by atoms with E-state index < -0.39 is 0 Å². The van der Waals surface area contributed by atoms with Crippen molar-refractivity contribution in [1.29, 1.82) is 10.5 Å². The highest BCUT2D eigenvalue weighted by Gasteiger charge is 2.14. The first kappa shape index (κ1) is 17.7. The summed E-state index contributed by atoms with van der Waals surface area (Å²) in [5.74, 6) is 0.0678. The molecule has 1 aromatic rings. The minimum absolute atomic E-state index is 0.124. The van der Waals surface area contributed by atoms with Crippen molar-refractivity contribution < 1.29 is 4.79 Å². The molecule has 0 N–H and O–H groups in total. The van der Waals surface area contributed by atoms with E-state index in [-0.39, 0.29) is 24.5 Å². The summed E-state index contributed by atoms with van der Waals surface area (Å²) in [6.45, 7) is 0.668. The van der Waals surface area contributed by atoms with Gasteiger partial charge in [-0.15, -0.1) is 11.8 Å². The van der Waals surface area contributed by atoms with E-state index in [2.05, 4.69) is 0 Å². The van der Waals surface area contributed by atoms with Gasteiger partial charge in [0, 0.05) is 23.0 Å². The molecule has 0 fully saturated rings. The Hall–Kier alpha value is -1.40. The molecule has 0 aliphatic rings. The van der Waals surface area contributed by atoms with Crippen LogP contribution in [0.4, 0.5) is 0 Å². The first-order valence-electron chi connectivity index (χ1n) is 6.18. The number of rotatable bonds is 7. The summed E-state index contributed by atoms with van der Waals surface area (Å²) in [5, 5.41) is 18.3. The minimum Gasteiger partial charge on any atom is -0.340 e. The Bertz CT molecular complexity index is 563. The zero-order valence-electron chi connectivity index (χ0n) is 11.2. The molecule has 21 heavy (non-hydrogen) atoms. The van der Waals surface area contributed by atoms with Crippen LogP contribution in [0.25, 0.3) is 0 Å². The summed E-state index contributed by atoms with van der Waals surface area (Å²) >= 11 is 13.2. The monoisotopic (exact) mass is 341 g/mol. The number of benzene rings is 1. The normalized spacial score (nSPS) is 9.71. The number of thioether (sulfide) groups is 1. The number of carbonyl (C=O) groups is 1. The van der Waals surface area contributed by atoms with Gasteiger partial charge < -0.3 is 4.90 Å². The number of amides is 1. The predicted octanol–water partition coefficient (Wildman–Crippen LogP) is 3.74. The van der Waals surface area contributed by atoms with Gasteiger partial charge in [-0.2, -0.15) is 10.5 Å². The van der Waals surface area contributed by atoms with Crippen LogP contribution in [0.3, 0.4) is 0 Å². The zero-order valence-corrected chi connectivity index (χ0v) is 13.5. The third-order valence-corrected chi connectivity index (χ3v) is 4.30. The Balaban J connectivity index is 2.62. The second-order valence-electron chi connectivity index (χ2n) is 4.06. The van der Waals surface area contributed by atoms with Crippen molar-refractivity contribution in [1.82, 2.24) is 4.90 Å². The largest absolute Gasteiger partial charge is 0.340 e. The molecule has 0 radical (unpaired) electrons. The molecular weight excluding hydrogens is 329 g/mol. The molecule has 4 nitrogen and oxygen atoms in total. The van der Waals surface area contributed by atoms with E-state index in [9.17, 15) is 4.79 Å². The van der Waals surface area contributed by atoms with Crippen LogP contribution in [0.1, 0.15) is 12.8 Å². The molecule has 0 aromatic heterocycles. The smallest absolute Gasteiger partial charge is 0.232 e. The van der Waals surface area contributed by atoms with Crippen LogP contribution in [0, 0.1) is 22.7 Å². The van der Waals surface area contributed by atoms with Gasteiger partial charge in [-0.3, -0.25) is 4.79 Å². The molecule has 0 aliphatic heterocycles. The van der Waals surface area contributed by atoms with Gasteiger partial charge in [0.15, 0.2) is 0 Å². The van der Waals surface area contributed by atoms with Crippen LogP contribution in [-0.2, 0) is 4.79 Å². The molecule has 1 amide bonds. The first-order chi connectivity index (χ1) is 10.1. The fourth-order valence-corrected chi connectivity index (χ4v) is 2.95. The van der Waals surface area contributed by atoms with E-state index in [1.165, 1.54) is 16.7 Å². The van der Waals surface area contributed by atoms with Crippen LogP contribution in [0.2, 0.25) is 10.0 Å². The highest BCUT2D eigenvalue weighted by molar-refractivity contribution is 8.00. The highest BCUT2D eigenvalue weighted by Crippen LogP contribution is 2.29. The van der Waals surface area contributed by atoms with Crippen molar-refractivity contribution in [3.63, 3.8) is 0 Å². The molecular formula is C14H13Cl2N3OS. The van der Waals surface area contributed by atoms with Crippen LogP contribution >= 0.6 is 35.0 Å². The molecule has 0 bridgehead atoms. The van der Waals surface area contributed by atoms with Gasteiger partial charge in [0.25, 0.3) is 0 Å². The summed E-state index contributed by atoms with van der Waals surface area (Å²) < 4.78 is 0. The molecule has 0 atom stereocenters. The number of hydrogen-bond acceptors (Lipinski definition) is 4. The van der Waals surface area contributed by atoms with Gasteiger partial charge in [-0.1, -0.05) is 23.2 Å². The average molecular weight is 342 g/mol. The minimum atomic E-state index is -0.124. The maximum Gasteiger partial charge on any atom is 0.232 e. The molecule has 0 heterocycles. The molecule has 0 unspecified atom stereocenters. The zero-order chi connectivity index (χ0) is 15.7. The lowest BCUT2D eigenvalue weighted by Crippen LogP contribution is -2.34. The lowest BCUT2D eigenvalue weighted by Gasteiger charge is -2.20. The summed E-state index contributed by atoms with van der Waals surface area (Å²) in [6, 6.07) is 9.06. The van der Waals surface area contributed by atoms with E-state index in [1.54, 1.807) is 18.2 Å². The number of nitrogens with zero attached hydrogens (tertiary/aromatic N) is 3. The molecule has 0 saturated carbocycles.